The lowest BCUT2D eigenvalue weighted by atomic mass is 10.00. The van der Waals surface area contributed by atoms with E-state index in [1.54, 1.807) is 11.8 Å². The highest BCUT2D eigenvalue weighted by Gasteiger charge is 2.23. The van der Waals surface area contributed by atoms with Gasteiger partial charge in [0.1, 0.15) is 0 Å². The molecule has 4 nitrogen and oxygen atoms in total. The standard InChI is InChI=1S/C34H31N3OS/c38-31(36-23-22-26-13-10-11-18-29(26)25-36)21-12-24-39-34-35-32(27-14-4-1-5-15-27)33(28-16-6-2-7-17-28)37(34)30-19-8-3-9-20-30/h1-11,13-20H,12,21-25H2. The van der Waals surface area contributed by atoms with E-state index in [4.69, 9.17) is 4.98 Å². The molecule has 0 atom stereocenters. The van der Waals surface area contributed by atoms with Crippen LogP contribution in [-0.4, -0.2) is 32.7 Å². The van der Waals surface area contributed by atoms with Gasteiger partial charge in [-0.15, -0.1) is 0 Å². The van der Waals surface area contributed by atoms with Crippen molar-refractivity contribution in [2.75, 3.05) is 12.3 Å². The lowest BCUT2D eigenvalue weighted by Gasteiger charge is -2.29. The summed E-state index contributed by atoms with van der Waals surface area (Å²) in [7, 11) is 0. The number of hydrogen-bond acceptors (Lipinski definition) is 3. The van der Waals surface area contributed by atoms with Crippen LogP contribution in [0.5, 0.6) is 0 Å². The van der Waals surface area contributed by atoms with Crippen LogP contribution in [0.1, 0.15) is 24.0 Å². The SMILES string of the molecule is O=C(CCCSc1nc(-c2ccccc2)c(-c2ccccc2)n1-c1ccccc1)N1CCc2ccccc2C1. The number of imidazole rings is 1. The number of rotatable bonds is 8. The number of para-hydroxylation sites is 1. The average Bonchev–Trinajstić information content (AvgIpc) is 3.39. The molecule has 1 aliphatic rings. The largest absolute Gasteiger partial charge is 0.338 e. The molecule has 5 aromatic rings. The molecule has 0 saturated heterocycles. The molecular formula is C34H31N3OS. The Morgan fingerprint density at radius 2 is 1.36 bits per heavy atom. The molecule has 0 aliphatic carbocycles. The van der Waals surface area contributed by atoms with Crippen molar-refractivity contribution in [2.24, 2.45) is 0 Å². The Kier molecular flexibility index (Phi) is 7.59. The first-order valence-electron chi connectivity index (χ1n) is 13.5. The highest BCUT2D eigenvalue weighted by molar-refractivity contribution is 7.99. The summed E-state index contributed by atoms with van der Waals surface area (Å²) in [6.45, 7) is 1.53. The molecule has 1 aromatic heterocycles. The van der Waals surface area contributed by atoms with E-state index in [2.05, 4.69) is 102 Å². The molecule has 2 heterocycles. The van der Waals surface area contributed by atoms with Gasteiger partial charge in [-0.25, -0.2) is 4.98 Å². The predicted octanol–water partition coefficient (Wildman–Crippen LogP) is 7.66. The van der Waals surface area contributed by atoms with E-state index in [1.165, 1.54) is 11.1 Å². The number of carbonyl (C=O) groups excluding carboxylic acids is 1. The van der Waals surface area contributed by atoms with Gasteiger partial charge in [0.05, 0.1) is 11.4 Å². The second kappa shape index (κ2) is 11.7. The molecule has 0 spiro atoms. The third-order valence-corrected chi connectivity index (χ3v) is 8.23. The summed E-state index contributed by atoms with van der Waals surface area (Å²) >= 11 is 1.72. The molecule has 4 aromatic carbocycles. The van der Waals surface area contributed by atoms with E-state index in [9.17, 15) is 4.79 Å². The lowest BCUT2D eigenvalue weighted by Crippen LogP contribution is -2.35. The zero-order valence-corrected chi connectivity index (χ0v) is 22.7. The Labute approximate surface area is 234 Å². The van der Waals surface area contributed by atoms with Crippen LogP contribution >= 0.6 is 11.8 Å². The van der Waals surface area contributed by atoms with Crippen molar-refractivity contribution in [2.45, 2.75) is 31.0 Å². The molecule has 0 unspecified atom stereocenters. The zero-order valence-electron chi connectivity index (χ0n) is 21.9. The average molecular weight is 530 g/mol. The fourth-order valence-corrected chi connectivity index (χ4v) is 6.18. The van der Waals surface area contributed by atoms with Gasteiger partial charge in [0.25, 0.3) is 0 Å². The number of fused-ring (bicyclic) bond motifs is 1. The fraction of sp³-hybridized carbons (Fsp3) is 0.176. The first-order chi connectivity index (χ1) is 19.3. The van der Waals surface area contributed by atoms with Crippen molar-refractivity contribution in [3.05, 3.63) is 126 Å². The second-order valence-electron chi connectivity index (χ2n) is 9.78. The van der Waals surface area contributed by atoms with Gasteiger partial charge in [0.2, 0.25) is 5.91 Å². The summed E-state index contributed by atoms with van der Waals surface area (Å²) in [4.78, 5) is 20.2. The van der Waals surface area contributed by atoms with Crippen LogP contribution < -0.4 is 0 Å². The highest BCUT2D eigenvalue weighted by Crippen LogP contribution is 2.38. The maximum atomic E-state index is 13.0. The first kappa shape index (κ1) is 25.2. The van der Waals surface area contributed by atoms with E-state index in [-0.39, 0.29) is 5.91 Å². The number of amides is 1. The number of carbonyl (C=O) groups is 1. The Balaban J connectivity index is 1.24. The number of thioether (sulfide) groups is 1. The lowest BCUT2D eigenvalue weighted by molar-refractivity contribution is -0.132. The number of nitrogens with zero attached hydrogens (tertiary/aromatic N) is 3. The summed E-state index contributed by atoms with van der Waals surface area (Å²) in [5.74, 6) is 1.06. The molecule has 1 aliphatic heterocycles. The molecule has 1 amide bonds. The van der Waals surface area contributed by atoms with Gasteiger partial charge in [-0.3, -0.25) is 9.36 Å². The van der Waals surface area contributed by atoms with Gasteiger partial charge in [0, 0.05) is 42.1 Å². The summed E-state index contributed by atoms with van der Waals surface area (Å²) in [6.07, 6.45) is 2.30. The van der Waals surface area contributed by atoms with Gasteiger partial charge < -0.3 is 4.90 Å². The molecule has 39 heavy (non-hydrogen) atoms. The van der Waals surface area contributed by atoms with Crippen molar-refractivity contribution in [1.29, 1.82) is 0 Å². The van der Waals surface area contributed by atoms with Crippen LogP contribution in [-0.2, 0) is 17.8 Å². The molecule has 5 heteroatoms. The van der Waals surface area contributed by atoms with Crippen LogP contribution in [0, 0.1) is 0 Å². The van der Waals surface area contributed by atoms with Gasteiger partial charge in [-0.1, -0.05) is 115 Å². The summed E-state index contributed by atoms with van der Waals surface area (Å²) in [5, 5.41) is 0.943. The van der Waals surface area contributed by atoms with Crippen LogP contribution in [0.15, 0.2) is 120 Å². The number of benzene rings is 4. The van der Waals surface area contributed by atoms with E-state index in [1.807, 2.05) is 23.1 Å². The van der Waals surface area contributed by atoms with E-state index < -0.39 is 0 Å². The van der Waals surface area contributed by atoms with Crippen molar-refractivity contribution < 1.29 is 4.79 Å². The molecule has 0 N–H and O–H groups in total. The Morgan fingerprint density at radius 3 is 2.08 bits per heavy atom. The first-order valence-corrected chi connectivity index (χ1v) is 14.5. The van der Waals surface area contributed by atoms with Gasteiger partial charge in [-0.05, 0) is 36.1 Å². The van der Waals surface area contributed by atoms with Crippen molar-refractivity contribution in [3.63, 3.8) is 0 Å². The molecule has 6 rings (SSSR count). The Bertz CT molecular complexity index is 1550. The zero-order chi connectivity index (χ0) is 26.4. The van der Waals surface area contributed by atoms with Crippen LogP contribution in [0.2, 0.25) is 0 Å². The van der Waals surface area contributed by atoms with Gasteiger partial charge >= 0.3 is 0 Å². The quantitative estimate of drug-likeness (QED) is 0.153. The summed E-state index contributed by atoms with van der Waals surface area (Å²) < 4.78 is 2.27. The fourth-order valence-electron chi connectivity index (χ4n) is 5.23. The summed E-state index contributed by atoms with van der Waals surface area (Å²) in [6, 6.07) is 39.8. The minimum absolute atomic E-state index is 0.242. The number of aromatic nitrogens is 2. The smallest absolute Gasteiger partial charge is 0.222 e. The third kappa shape index (κ3) is 5.55. The highest BCUT2D eigenvalue weighted by atomic mass is 32.2. The topological polar surface area (TPSA) is 38.1 Å². The maximum Gasteiger partial charge on any atom is 0.222 e. The minimum atomic E-state index is 0.242. The molecule has 0 radical (unpaired) electrons. The molecule has 0 bridgehead atoms. The third-order valence-electron chi connectivity index (χ3n) is 7.20. The molecular weight excluding hydrogens is 498 g/mol. The van der Waals surface area contributed by atoms with E-state index >= 15 is 0 Å². The molecule has 194 valence electrons. The molecule has 0 saturated carbocycles. The van der Waals surface area contributed by atoms with E-state index in [0.717, 1.165) is 65.0 Å². The van der Waals surface area contributed by atoms with Crippen LogP contribution in [0.4, 0.5) is 0 Å². The predicted molar refractivity (Wildman–Crippen MR) is 160 cm³/mol. The summed E-state index contributed by atoms with van der Waals surface area (Å²) in [5.41, 5.74) is 7.99. The Morgan fingerprint density at radius 1 is 0.744 bits per heavy atom. The van der Waals surface area contributed by atoms with Crippen LogP contribution in [0.25, 0.3) is 28.2 Å². The number of hydrogen-bond donors (Lipinski definition) is 0. The molecule has 0 fully saturated rings. The van der Waals surface area contributed by atoms with Crippen molar-refractivity contribution >= 4 is 17.7 Å². The maximum absolute atomic E-state index is 13.0. The van der Waals surface area contributed by atoms with Gasteiger partial charge in [0.15, 0.2) is 5.16 Å². The second-order valence-corrected chi connectivity index (χ2v) is 10.8. The monoisotopic (exact) mass is 529 g/mol. The van der Waals surface area contributed by atoms with Crippen molar-refractivity contribution in [1.82, 2.24) is 14.5 Å². The van der Waals surface area contributed by atoms with Crippen LogP contribution in [0.3, 0.4) is 0 Å². The van der Waals surface area contributed by atoms with E-state index in [0.29, 0.717) is 6.42 Å². The van der Waals surface area contributed by atoms with Crippen molar-refractivity contribution in [3.8, 4) is 28.2 Å². The Hall–Kier alpha value is -4.09. The minimum Gasteiger partial charge on any atom is -0.338 e. The normalized spacial score (nSPS) is 12.8. The van der Waals surface area contributed by atoms with Gasteiger partial charge in [-0.2, -0.15) is 0 Å².